The summed E-state index contributed by atoms with van der Waals surface area (Å²) in [6.07, 6.45) is 2.04. The van der Waals surface area contributed by atoms with E-state index < -0.39 is 5.41 Å². The van der Waals surface area contributed by atoms with Crippen LogP contribution in [0.25, 0.3) is 0 Å². The summed E-state index contributed by atoms with van der Waals surface area (Å²) in [6, 6.07) is 13.4. The van der Waals surface area contributed by atoms with Crippen LogP contribution in [0.15, 0.2) is 42.5 Å². The molecule has 1 fully saturated rings. The van der Waals surface area contributed by atoms with Gasteiger partial charge < -0.3 is 20.7 Å². The van der Waals surface area contributed by atoms with Crippen molar-refractivity contribution < 1.29 is 14.3 Å². The van der Waals surface area contributed by atoms with E-state index in [0.717, 1.165) is 29.0 Å². The van der Waals surface area contributed by atoms with Crippen molar-refractivity contribution in [3.05, 3.63) is 58.6 Å². The predicted molar refractivity (Wildman–Crippen MR) is 127 cm³/mol. The van der Waals surface area contributed by atoms with E-state index in [1.807, 2.05) is 63.2 Å². The van der Waals surface area contributed by atoms with E-state index in [9.17, 15) is 9.59 Å². The summed E-state index contributed by atoms with van der Waals surface area (Å²) in [5.74, 6) is 0.899. The zero-order valence-corrected chi connectivity index (χ0v) is 19.5. The van der Waals surface area contributed by atoms with Gasteiger partial charge in [-0.3, -0.25) is 4.79 Å². The Morgan fingerprint density at radius 2 is 1.79 bits per heavy atom. The largest absolute Gasteiger partial charge is 0.457 e. The molecule has 1 aliphatic heterocycles. The van der Waals surface area contributed by atoms with Crippen molar-refractivity contribution in [2.45, 2.75) is 45.6 Å². The molecule has 1 atom stereocenters. The first-order valence-electron chi connectivity index (χ1n) is 10.9. The molecule has 2 heterocycles. The molecule has 8 nitrogen and oxygen atoms in total. The van der Waals surface area contributed by atoms with Crippen LogP contribution in [0.3, 0.4) is 0 Å². The summed E-state index contributed by atoms with van der Waals surface area (Å²) in [4.78, 5) is 25.6. The maximum absolute atomic E-state index is 13.4. The van der Waals surface area contributed by atoms with Crippen LogP contribution in [0.5, 0.6) is 11.5 Å². The second-order valence-corrected chi connectivity index (χ2v) is 10.2. The fraction of sp³-hybridized carbons (Fsp3) is 0.333. The lowest BCUT2D eigenvalue weighted by atomic mass is 9.69. The topological polar surface area (TPSA) is 105 Å². The Hall–Kier alpha value is -3.46. The summed E-state index contributed by atoms with van der Waals surface area (Å²) in [5.41, 5.74) is 1.63. The number of aromatic nitrogens is 2. The second-order valence-electron chi connectivity index (χ2n) is 9.00. The number of carbonyl (C=O) groups is 2. The number of aryl methyl sites for hydroxylation is 1. The highest BCUT2D eigenvalue weighted by Gasteiger charge is 2.43. The number of benzene rings is 2. The molecule has 5 rings (SSSR count). The fourth-order valence-electron chi connectivity index (χ4n) is 4.13. The van der Waals surface area contributed by atoms with Crippen molar-refractivity contribution >= 4 is 34.1 Å². The monoisotopic (exact) mass is 463 g/mol. The van der Waals surface area contributed by atoms with Gasteiger partial charge in [0.1, 0.15) is 16.5 Å². The maximum atomic E-state index is 13.4. The fourth-order valence-corrected chi connectivity index (χ4v) is 4.72. The molecule has 170 valence electrons. The zero-order chi connectivity index (χ0) is 23.2. The molecule has 1 unspecified atom stereocenters. The Kier molecular flexibility index (Phi) is 5.28. The molecule has 1 aromatic heterocycles. The minimum atomic E-state index is -0.827. The lowest BCUT2D eigenvalue weighted by Gasteiger charge is -2.38. The minimum Gasteiger partial charge on any atom is -0.457 e. The van der Waals surface area contributed by atoms with E-state index in [-0.39, 0.29) is 23.9 Å². The van der Waals surface area contributed by atoms with Crippen LogP contribution < -0.4 is 20.7 Å². The standard InChI is InChI=1S/C24H25N5O3S/c1-13-28-29-23(33-13)27-21(30)24(2,3)20-16-6-4-5-7-18(16)32-19-12-15(10-11-17(19)20)26-22(31)25-14-8-9-14/h4-7,10-12,14,20H,8-9H2,1-3H3,(H2,25,26,31)(H,27,29,30). The number of nitrogens with one attached hydrogen (secondary N) is 3. The number of urea groups is 1. The van der Waals surface area contributed by atoms with Crippen LogP contribution >= 0.6 is 11.3 Å². The number of ether oxygens (including phenoxy) is 1. The number of amides is 3. The summed E-state index contributed by atoms with van der Waals surface area (Å²) >= 11 is 1.34. The normalized spacial score (nSPS) is 16.8. The van der Waals surface area contributed by atoms with Gasteiger partial charge in [0.15, 0.2) is 0 Å². The first-order valence-corrected chi connectivity index (χ1v) is 11.7. The summed E-state index contributed by atoms with van der Waals surface area (Å²) in [5, 5.41) is 18.0. The molecule has 3 amide bonds. The lowest BCUT2D eigenvalue weighted by molar-refractivity contribution is -0.124. The summed E-state index contributed by atoms with van der Waals surface area (Å²) < 4.78 is 6.20. The number of rotatable bonds is 5. The molecule has 3 N–H and O–H groups in total. The number of hydrogen-bond donors (Lipinski definition) is 3. The molecule has 2 aromatic carbocycles. The van der Waals surface area contributed by atoms with Gasteiger partial charge in [0.25, 0.3) is 0 Å². The van der Waals surface area contributed by atoms with E-state index in [2.05, 4.69) is 26.1 Å². The third-order valence-corrected chi connectivity index (χ3v) is 6.75. The van der Waals surface area contributed by atoms with E-state index in [4.69, 9.17) is 4.74 Å². The molecule has 33 heavy (non-hydrogen) atoms. The highest BCUT2D eigenvalue weighted by Crippen LogP contribution is 2.52. The molecular weight excluding hydrogens is 438 g/mol. The van der Waals surface area contributed by atoms with Crippen LogP contribution in [0, 0.1) is 12.3 Å². The molecule has 3 aromatic rings. The average molecular weight is 464 g/mol. The number of carbonyl (C=O) groups excluding carboxylic acids is 2. The zero-order valence-electron chi connectivity index (χ0n) is 18.6. The summed E-state index contributed by atoms with van der Waals surface area (Å²) in [6.45, 7) is 5.68. The Balaban J connectivity index is 1.47. The molecule has 0 bridgehead atoms. The van der Waals surface area contributed by atoms with Crippen LogP contribution in [0.2, 0.25) is 0 Å². The van der Waals surface area contributed by atoms with Crippen molar-refractivity contribution in [3.8, 4) is 11.5 Å². The quantitative estimate of drug-likeness (QED) is 0.492. The Morgan fingerprint density at radius 1 is 1.03 bits per heavy atom. The Labute approximate surface area is 195 Å². The van der Waals surface area contributed by atoms with Gasteiger partial charge in [-0.15, -0.1) is 10.2 Å². The Bertz CT molecular complexity index is 1230. The van der Waals surface area contributed by atoms with Gasteiger partial charge in [0, 0.05) is 34.8 Å². The number of nitrogens with zero attached hydrogens (tertiary/aromatic N) is 2. The van der Waals surface area contributed by atoms with Crippen molar-refractivity contribution in [3.63, 3.8) is 0 Å². The van der Waals surface area contributed by atoms with Crippen molar-refractivity contribution in [1.29, 1.82) is 0 Å². The maximum Gasteiger partial charge on any atom is 0.319 e. The minimum absolute atomic E-state index is 0.155. The lowest BCUT2D eigenvalue weighted by Crippen LogP contribution is -2.38. The predicted octanol–water partition coefficient (Wildman–Crippen LogP) is 5.03. The van der Waals surface area contributed by atoms with Gasteiger partial charge in [-0.25, -0.2) is 4.79 Å². The molecule has 1 aliphatic carbocycles. The van der Waals surface area contributed by atoms with Crippen molar-refractivity contribution in [2.24, 2.45) is 5.41 Å². The van der Waals surface area contributed by atoms with Gasteiger partial charge in [-0.2, -0.15) is 0 Å². The number of para-hydroxylation sites is 1. The van der Waals surface area contributed by atoms with Crippen LogP contribution in [-0.2, 0) is 4.79 Å². The number of hydrogen-bond acceptors (Lipinski definition) is 6. The van der Waals surface area contributed by atoms with E-state index in [0.29, 0.717) is 22.3 Å². The van der Waals surface area contributed by atoms with Crippen LogP contribution in [0.1, 0.15) is 48.7 Å². The molecule has 0 spiro atoms. The SMILES string of the molecule is Cc1nnc(NC(=O)C(C)(C)C2c3ccccc3Oc3cc(NC(=O)NC4CC4)ccc32)s1. The van der Waals surface area contributed by atoms with E-state index in [1.54, 1.807) is 0 Å². The van der Waals surface area contributed by atoms with Crippen LogP contribution in [0.4, 0.5) is 15.6 Å². The highest BCUT2D eigenvalue weighted by molar-refractivity contribution is 7.15. The van der Waals surface area contributed by atoms with Crippen LogP contribution in [-0.4, -0.2) is 28.2 Å². The first kappa shape index (κ1) is 21.4. The van der Waals surface area contributed by atoms with Gasteiger partial charge in [0.2, 0.25) is 11.0 Å². The molecule has 2 aliphatic rings. The van der Waals surface area contributed by atoms with Crippen molar-refractivity contribution in [1.82, 2.24) is 15.5 Å². The summed E-state index contributed by atoms with van der Waals surface area (Å²) in [7, 11) is 0. The second kappa shape index (κ2) is 8.15. The van der Waals surface area contributed by atoms with Gasteiger partial charge >= 0.3 is 6.03 Å². The smallest absolute Gasteiger partial charge is 0.319 e. The van der Waals surface area contributed by atoms with Gasteiger partial charge in [-0.05, 0) is 31.9 Å². The van der Waals surface area contributed by atoms with E-state index >= 15 is 0 Å². The van der Waals surface area contributed by atoms with Crippen molar-refractivity contribution in [2.75, 3.05) is 10.6 Å². The molecule has 0 radical (unpaired) electrons. The molecular formula is C24H25N5O3S. The average Bonchev–Trinajstić information content (AvgIpc) is 3.49. The van der Waals surface area contributed by atoms with E-state index in [1.165, 1.54) is 11.3 Å². The highest BCUT2D eigenvalue weighted by atomic mass is 32.1. The molecule has 1 saturated carbocycles. The number of anilines is 2. The third-order valence-electron chi connectivity index (χ3n) is 6.00. The number of fused-ring (bicyclic) bond motifs is 2. The third kappa shape index (κ3) is 4.28. The molecule has 9 heteroatoms. The molecule has 0 saturated heterocycles. The Morgan fingerprint density at radius 3 is 2.52 bits per heavy atom. The first-order chi connectivity index (χ1) is 15.8. The van der Waals surface area contributed by atoms with Gasteiger partial charge in [-0.1, -0.05) is 49.4 Å². The van der Waals surface area contributed by atoms with Gasteiger partial charge in [0.05, 0.1) is 5.41 Å².